The van der Waals surface area contributed by atoms with Crippen LogP contribution in [0.5, 0.6) is 0 Å². The molecule has 14 heavy (non-hydrogen) atoms. The molecule has 0 radical (unpaired) electrons. The number of hydrogen-bond donors (Lipinski definition) is 2. The van der Waals surface area contributed by atoms with E-state index < -0.39 is 21.7 Å². The molecule has 1 saturated heterocycles. The number of hydroxylamine groups is 1. The predicted molar refractivity (Wildman–Crippen MR) is 47.9 cm³/mol. The summed E-state index contributed by atoms with van der Waals surface area (Å²) in [5.41, 5.74) is 1.52. The zero-order chi connectivity index (χ0) is 10.6. The summed E-state index contributed by atoms with van der Waals surface area (Å²) < 4.78 is 20.1. The van der Waals surface area contributed by atoms with E-state index in [1.165, 1.54) is 12.6 Å². The number of rotatable bonds is 3. The molecule has 0 aromatic carbocycles. The average molecular weight is 223 g/mol. The van der Waals surface area contributed by atoms with E-state index in [1.54, 1.807) is 0 Å². The Morgan fingerprint density at radius 1 is 1.57 bits per heavy atom. The smallest absolute Gasteiger partial charge is 0.264 e. The van der Waals surface area contributed by atoms with Crippen molar-refractivity contribution in [3.05, 3.63) is 0 Å². The normalized spacial score (nSPS) is 22.7. The van der Waals surface area contributed by atoms with Crippen LogP contribution in [0.4, 0.5) is 0 Å². The van der Waals surface area contributed by atoms with Gasteiger partial charge in [-0.2, -0.15) is 0 Å². The first kappa shape index (κ1) is 11.6. The SMILES string of the molecule is COS(=O)C1(C(=O)NO)CCOCC1. The van der Waals surface area contributed by atoms with Gasteiger partial charge in [0.1, 0.15) is 0 Å². The molecule has 0 saturated carbocycles. The zero-order valence-electron chi connectivity index (χ0n) is 7.82. The third-order valence-electron chi connectivity index (χ3n) is 2.29. The standard InChI is InChI=1S/C7H13NO5S/c1-12-14(11)7(6(9)8-10)2-4-13-5-3-7/h10H,2-5H2,1H3,(H,8,9). The van der Waals surface area contributed by atoms with Gasteiger partial charge in [0, 0.05) is 13.2 Å². The quantitative estimate of drug-likeness (QED) is 0.490. The van der Waals surface area contributed by atoms with Crippen LogP contribution < -0.4 is 5.48 Å². The molecule has 7 heteroatoms. The van der Waals surface area contributed by atoms with Gasteiger partial charge in [-0.25, -0.2) is 9.69 Å². The van der Waals surface area contributed by atoms with Crippen molar-refractivity contribution >= 4 is 17.0 Å². The van der Waals surface area contributed by atoms with Crippen LogP contribution in [0, 0.1) is 0 Å². The molecule has 82 valence electrons. The molecule has 0 aromatic rings. The number of carbonyl (C=O) groups excluding carboxylic acids is 1. The molecule has 1 amide bonds. The van der Waals surface area contributed by atoms with Crippen molar-refractivity contribution in [2.45, 2.75) is 17.6 Å². The molecular weight excluding hydrogens is 210 g/mol. The lowest BCUT2D eigenvalue weighted by atomic mass is 9.98. The Morgan fingerprint density at radius 2 is 2.14 bits per heavy atom. The Kier molecular flexibility index (Phi) is 3.99. The molecule has 0 aromatic heterocycles. The fraction of sp³-hybridized carbons (Fsp3) is 0.857. The van der Waals surface area contributed by atoms with Gasteiger partial charge in [0.25, 0.3) is 5.91 Å². The second kappa shape index (κ2) is 4.83. The summed E-state index contributed by atoms with van der Waals surface area (Å²) in [6, 6.07) is 0. The Bertz CT molecular complexity index is 220. The molecule has 1 aliphatic rings. The molecule has 1 atom stereocenters. The molecule has 1 aliphatic heterocycles. The maximum Gasteiger partial charge on any atom is 0.264 e. The predicted octanol–water partition coefficient (Wildman–Crippen LogP) is -0.649. The second-order valence-corrected chi connectivity index (χ2v) is 4.53. The molecule has 1 fully saturated rings. The molecule has 1 rings (SSSR count). The first-order chi connectivity index (χ1) is 6.67. The van der Waals surface area contributed by atoms with Crippen molar-refractivity contribution in [2.75, 3.05) is 20.3 Å². The van der Waals surface area contributed by atoms with E-state index in [2.05, 4.69) is 4.18 Å². The second-order valence-electron chi connectivity index (χ2n) is 2.95. The van der Waals surface area contributed by atoms with E-state index in [0.717, 1.165) is 0 Å². The molecule has 0 aliphatic carbocycles. The number of amides is 1. The highest BCUT2D eigenvalue weighted by atomic mass is 32.2. The van der Waals surface area contributed by atoms with E-state index in [4.69, 9.17) is 9.94 Å². The molecule has 1 unspecified atom stereocenters. The fourth-order valence-electron chi connectivity index (χ4n) is 1.43. The van der Waals surface area contributed by atoms with Crippen molar-refractivity contribution < 1.29 is 23.1 Å². The van der Waals surface area contributed by atoms with Gasteiger partial charge < -0.3 is 4.74 Å². The van der Waals surface area contributed by atoms with Gasteiger partial charge in [0.15, 0.2) is 15.8 Å². The van der Waals surface area contributed by atoms with Gasteiger partial charge in [0.05, 0.1) is 7.11 Å². The Labute approximate surface area is 84.2 Å². The van der Waals surface area contributed by atoms with Crippen molar-refractivity contribution in [1.82, 2.24) is 5.48 Å². The monoisotopic (exact) mass is 223 g/mol. The first-order valence-electron chi connectivity index (χ1n) is 4.16. The van der Waals surface area contributed by atoms with Crippen LogP contribution in [0.1, 0.15) is 12.8 Å². The lowest BCUT2D eigenvalue weighted by Crippen LogP contribution is -2.52. The van der Waals surface area contributed by atoms with Crippen LogP contribution in [0.3, 0.4) is 0 Å². The summed E-state index contributed by atoms with van der Waals surface area (Å²) in [6.45, 7) is 0.672. The summed E-state index contributed by atoms with van der Waals surface area (Å²) in [5, 5.41) is 8.57. The molecular formula is C7H13NO5S. The van der Waals surface area contributed by atoms with E-state index in [-0.39, 0.29) is 12.8 Å². The third-order valence-corrected chi connectivity index (χ3v) is 3.82. The minimum atomic E-state index is -1.75. The van der Waals surface area contributed by atoms with Gasteiger partial charge in [-0.1, -0.05) is 0 Å². The molecule has 6 nitrogen and oxygen atoms in total. The third kappa shape index (κ3) is 1.95. The maximum atomic E-state index is 11.6. The van der Waals surface area contributed by atoms with E-state index in [0.29, 0.717) is 13.2 Å². The summed E-state index contributed by atoms with van der Waals surface area (Å²) in [4.78, 5) is 11.4. The lowest BCUT2D eigenvalue weighted by molar-refractivity contribution is -0.134. The largest absolute Gasteiger partial charge is 0.381 e. The van der Waals surface area contributed by atoms with Gasteiger partial charge >= 0.3 is 0 Å². The van der Waals surface area contributed by atoms with Crippen molar-refractivity contribution in [3.63, 3.8) is 0 Å². The summed E-state index contributed by atoms with van der Waals surface area (Å²) in [7, 11) is 1.26. The van der Waals surface area contributed by atoms with E-state index >= 15 is 0 Å². The highest BCUT2D eigenvalue weighted by Crippen LogP contribution is 2.28. The Morgan fingerprint density at radius 3 is 2.57 bits per heavy atom. The number of nitrogens with one attached hydrogen (secondary N) is 1. The van der Waals surface area contributed by atoms with Crippen molar-refractivity contribution in [1.29, 1.82) is 0 Å². The van der Waals surface area contributed by atoms with Crippen LogP contribution in [-0.2, 0) is 24.8 Å². The van der Waals surface area contributed by atoms with Crippen LogP contribution in [0.15, 0.2) is 0 Å². The first-order valence-corrected chi connectivity index (χ1v) is 5.23. The van der Waals surface area contributed by atoms with Gasteiger partial charge in [0.2, 0.25) is 0 Å². The maximum absolute atomic E-state index is 11.6. The molecule has 2 N–H and O–H groups in total. The van der Waals surface area contributed by atoms with Crippen molar-refractivity contribution in [2.24, 2.45) is 0 Å². The Hall–Kier alpha value is -0.500. The Balaban J connectivity index is 2.87. The van der Waals surface area contributed by atoms with Crippen molar-refractivity contribution in [3.8, 4) is 0 Å². The average Bonchev–Trinajstić information content (AvgIpc) is 2.27. The van der Waals surface area contributed by atoms with E-state index in [1.807, 2.05) is 0 Å². The zero-order valence-corrected chi connectivity index (χ0v) is 8.63. The van der Waals surface area contributed by atoms with E-state index in [9.17, 15) is 9.00 Å². The van der Waals surface area contributed by atoms with Crippen LogP contribution >= 0.6 is 0 Å². The van der Waals surface area contributed by atoms with Crippen LogP contribution in [0.25, 0.3) is 0 Å². The van der Waals surface area contributed by atoms with Gasteiger partial charge in [-0.05, 0) is 12.8 Å². The number of hydrogen-bond acceptors (Lipinski definition) is 5. The summed E-state index contributed by atoms with van der Waals surface area (Å²) >= 11 is -1.75. The van der Waals surface area contributed by atoms with Gasteiger partial charge in [-0.3, -0.25) is 14.2 Å². The molecule has 0 bridgehead atoms. The topological polar surface area (TPSA) is 84.9 Å². The minimum Gasteiger partial charge on any atom is -0.381 e. The molecule has 0 spiro atoms. The highest BCUT2D eigenvalue weighted by Gasteiger charge is 2.46. The van der Waals surface area contributed by atoms with Gasteiger partial charge in [-0.15, -0.1) is 0 Å². The van der Waals surface area contributed by atoms with Crippen LogP contribution in [0.2, 0.25) is 0 Å². The molecule has 1 heterocycles. The summed E-state index contributed by atoms with van der Waals surface area (Å²) in [5.74, 6) is -0.680. The summed E-state index contributed by atoms with van der Waals surface area (Å²) in [6.07, 6.45) is 0.555. The minimum absolute atomic E-state index is 0.278. The van der Waals surface area contributed by atoms with Crippen LogP contribution in [-0.4, -0.2) is 40.4 Å². The highest BCUT2D eigenvalue weighted by molar-refractivity contribution is 7.82. The fourth-order valence-corrected chi connectivity index (χ4v) is 2.45. The number of carbonyl (C=O) groups is 1. The number of ether oxygens (including phenoxy) is 1. The lowest BCUT2D eigenvalue weighted by Gasteiger charge is -2.32.